The summed E-state index contributed by atoms with van der Waals surface area (Å²) in [5.41, 5.74) is -0.820. The lowest BCUT2D eigenvalue weighted by atomic mass is 9.87. The summed E-state index contributed by atoms with van der Waals surface area (Å²) in [6.07, 6.45) is 4.96. The van der Waals surface area contributed by atoms with Crippen LogP contribution in [0.15, 0.2) is 6.20 Å². The summed E-state index contributed by atoms with van der Waals surface area (Å²) in [4.78, 5) is 17.1. The third-order valence-electron chi connectivity index (χ3n) is 2.95. The number of carbonyl (C=O) groups is 1. The van der Waals surface area contributed by atoms with E-state index in [0.29, 0.717) is 18.0 Å². The molecule has 1 aliphatic rings. The molecule has 2 rings (SSSR count). The molecule has 0 bridgehead atoms. The van der Waals surface area contributed by atoms with Gasteiger partial charge in [0.1, 0.15) is 5.41 Å². The average molecular weight is 235 g/mol. The largest absolute Gasteiger partial charge is 0.301 e. The summed E-state index contributed by atoms with van der Waals surface area (Å²) in [6, 6.07) is 2.17. The Bertz CT molecular complexity index is 440. The molecule has 1 N–H and O–H groups in total. The Kier molecular flexibility index (Phi) is 2.92. The van der Waals surface area contributed by atoms with Gasteiger partial charge in [-0.3, -0.25) is 4.79 Å². The first-order valence-electron chi connectivity index (χ1n) is 5.31. The monoisotopic (exact) mass is 235 g/mol. The molecule has 1 amide bonds. The fraction of sp³-hybridized carbons (Fsp3) is 0.545. The molecule has 0 unspecified atom stereocenters. The second-order valence-electron chi connectivity index (χ2n) is 4.13. The molecule has 0 aromatic carbocycles. The second kappa shape index (κ2) is 4.22. The van der Waals surface area contributed by atoms with Crippen LogP contribution in [0.2, 0.25) is 0 Å². The highest BCUT2D eigenvalue weighted by atomic mass is 32.1. The number of hydrogen-bond acceptors (Lipinski definition) is 4. The molecule has 1 fully saturated rings. The molecule has 1 aromatic rings. The second-order valence-corrected chi connectivity index (χ2v) is 5.37. The topological polar surface area (TPSA) is 65.8 Å². The predicted molar refractivity (Wildman–Crippen MR) is 62.0 cm³/mol. The van der Waals surface area contributed by atoms with Crippen molar-refractivity contribution in [2.24, 2.45) is 5.41 Å². The maximum atomic E-state index is 12.0. The maximum absolute atomic E-state index is 12.0. The molecule has 1 aliphatic carbocycles. The average Bonchev–Trinajstić information content (AvgIpc) is 2.88. The van der Waals surface area contributed by atoms with E-state index < -0.39 is 5.41 Å². The van der Waals surface area contributed by atoms with Gasteiger partial charge < -0.3 is 5.32 Å². The van der Waals surface area contributed by atoms with Crippen molar-refractivity contribution in [2.75, 3.05) is 5.32 Å². The van der Waals surface area contributed by atoms with Crippen LogP contribution < -0.4 is 5.32 Å². The van der Waals surface area contributed by atoms with Crippen LogP contribution in [0.5, 0.6) is 0 Å². The third kappa shape index (κ3) is 1.93. The number of nitrogens with zero attached hydrogens (tertiary/aromatic N) is 2. The Hall–Kier alpha value is -1.41. The van der Waals surface area contributed by atoms with Gasteiger partial charge in [-0.2, -0.15) is 5.26 Å². The predicted octanol–water partition coefficient (Wildman–Crippen LogP) is 2.47. The van der Waals surface area contributed by atoms with Gasteiger partial charge >= 0.3 is 0 Å². The van der Waals surface area contributed by atoms with Crippen molar-refractivity contribution in [3.8, 4) is 6.07 Å². The summed E-state index contributed by atoms with van der Waals surface area (Å²) >= 11 is 1.43. The summed E-state index contributed by atoms with van der Waals surface area (Å²) in [5, 5.41) is 12.5. The lowest BCUT2D eigenvalue weighted by Crippen LogP contribution is -2.32. The molecule has 1 saturated carbocycles. The van der Waals surface area contributed by atoms with Crippen LogP contribution in [0.4, 0.5) is 5.13 Å². The molecule has 5 heteroatoms. The van der Waals surface area contributed by atoms with Crippen molar-refractivity contribution < 1.29 is 4.79 Å². The molecule has 1 heterocycles. The van der Waals surface area contributed by atoms with Gasteiger partial charge in [-0.15, -0.1) is 11.3 Å². The smallest absolute Gasteiger partial charge is 0.246 e. The normalized spacial score (nSPS) is 18.0. The molecule has 0 aliphatic heterocycles. The molecule has 4 nitrogen and oxygen atoms in total. The van der Waals surface area contributed by atoms with Crippen LogP contribution in [0.3, 0.4) is 0 Å². The first-order valence-corrected chi connectivity index (χ1v) is 6.13. The standard InChI is InChI=1S/C11H13N3OS/c1-8-6-13-10(16-8)14-9(15)11(7-12)4-2-3-5-11/h6H,2-5H2,1H3,(H,13,14,15). The Morgan fingerprint density at radius 2 is 2.31 bits per heavy atom. The van der Waals surface area contributed by atoms with E-state index in [4.69, 9.17) is 5.26 Å². The summed E-state index contributed by atoms with van der Waals surface area (Å²) in [7, 11) is 0. The van der Waals surface area contributed by atoms with Crippen LogP contribution in [0, 0.1) is 23.7 Å². The third-order valence-corrected chi connectivity index (χ3v) is 3.78. The van der Waals surface area contributed by atoms with E-state index >= 15 is 0 Å². The van der Waals surface area contributed by atoms with Crippen molar-refractivity contribution in [2.45, 2.75) is 32.6 Å². The Balaban J connectivity index is 2.11. The van der Waals surface area contributed by atoms with E-state index in [1.54, 1.807) is 6.20 Å². The van der Waals surface area contributed by atoms with E-state index in [0.717, 1.165) is 17.7 Å². The zero-order chi connectivity index (χ0) is 11.6. The molecule has 1 aromatic heterocycles. The van der Waals surface area contributed by atoms with Crippen molar-refractivity contribution in [3.63, 3.8) is 0 Å². The van der Waals surface area contributed by atoms with Gasteiger partial charge in [0.2, 0.25) is 5.91 Å². The van der Waals surface area contributed by atoms with Crippen LogP contribution >= 0.6 is 11.3 Å². The molecule has 0 spiro atoms. The highest BCUT2D eigenvalue weighted by molar-refractivity contribution is 7.15. The number of aromatic nitrogens is 1. The number of aryl methyl sites for hydroxylation is 1. The lowest BCUT2D eigenvalue weighted by Gasteiger charge is -2.17. The summed E-state index contributed by atoms with van der Waals surface area (Å²) in [5.74, 6) is -0.193. The quantitative estimate of drug-likeness (QED) is 0.856. The number of amides is 1. The minimum Gasteiger partial charge on any atom is -0.301 e. The molecule has 0 radical (unpaired) electrons. The molecular formula is C11H13N3OS. The van der Waals surface area contributed by atoms with Gasteiger partial charge in [0.05, 0.1) is 6.07 Å². The SMILES string of the molecule is Cc1cnc(NC(=O)C2(C#N)CCCC2)s1. The van der Waals surface area contributed by atoms with Crippen molar-refractivity contribution in [1.82, 2.24) is 4.98 Å². The van der Waals surface area contributed by atoms with E-state index in [9.17, 15) is 4.79 Å². The van der Waals surface area contributed by atoms with Gasteiger partial charge in [0, 0.05) is 11.1 Å². The number of nitriles is 1. The van der Waals surface area contributed by atoms with Crippen molar-refractivity contribution in [1.29, 1.82) is 5.26 Å². The zero-order valence-electron chi connectivity index (χ0n) is 9.12. The number of nitrogens with one attached hydrogen (secondary N) is 1. The summed E-state index contributed by atoms with van der Waals surface area (Å²) < 4.78 is 0. The van der Waals surface area contributed by atoms with E-state index in [1.165, 1.54) is 11.3 Å². The van der Waals surface area contributed by atoms with Gasteiger partial charge in [0.15, 0.2) is 5.13 Å². The molecule has 0 atom stereocenters. The zero-order valence-corrected chi connectivity index (χ0v) is 9.93. The van der Waals surface area contributed by atoms with E-state index in [1.807, 2.05) is 6.92 Å². The molecule has 84 valence electrons. The lowest BCUT2D eigenvalue weighted by molar-refractivity contribution is -0.122. The minimum atomic E-state index is -0.820. The van der Waals surface area contributed by atoms with Crippen molar-refractivity contribution in [3.05, 3.63) is 11.1 Å². The van der Waals surface area contributed by atoms with Crippen LogP contribution in [-0.2, 0) is 4.79 Å². The number of rotatable bonds is 2. The summed E-state index contributed by atoms with van der Waals surface area (Å²) in [6.45, 7) is 1.93. The minimum absolute atomic E-state index is 0.193. The van der Waals surface area contributed by atoms with Gasteiger partial charge in [-0.25, -0.2) is 4.98 Å². The van der Waals surface area contributed by atoms with Crippen LogP contribution in [0.1, 0.15) is 30.6 Å². The number of hydrogen-bond donors (Lipinski definition) is 1. The van der Waals surface area contributed by atoms with Gasteiger partial charge in [-0.1, -0.05) is 12.8 Å². The highest BCUT2D eigenvalue weighted by Gasteiger charge is 2.41. The van der Waals surface area contributed by atoms with Crippen LogP contribution in [-0.4, -0.2) is 10.9 Å². The maximum Gasteiger partial charge on any atom is 0.246 e. The van der Waals surface area contributed by atoms with E-state index in [2.05, 4.69) is 16.4 Å². The fourth-order valence-corrected chi connectivity index (χ4v) is 2.66. The molecule has 0 saturated heterocycles. The molecule has 16 heavy (non-hydrogen) atoms. The van der Waals surface area contributed by atoms with Crippen LogP contribution in [0.25, 0.3) is 0 Å². The van der Waals surface area contributed by atoms with Gasteiger partial charge in [0.25, 0.3) is 0 Å². The number of thiazole rings is 1. The first kappa shape index (κ1) is 11.1. The Morgan fingerprint density at radius 1 is 1.62 bits per heavy atom. The van der Waals surface area contributed by atoms with Crippen molar-refractivity contribution >= 4 is 22.4 Å². The number of carbonyl (C=O) groups excluding carboxylic acids is 1. The molecular weight excluding hydrogens is 222 g/mol. The number of anilines is 1. The van der Waals surface area contributed by atoms with Gasteiger partial charge in [-0.05, 0) is 19.8 Å². The first-order chi connectivity index (χ1) is 7.66. The highest BCUT2D eigenvalue weighted by Crippen LogP contribution is 2.38. The Labute approximate surface area is 98.3 Å². The Morgan fingerprint density at radius 3 is 2.81 bits per heavy atom. The van der Waals surface area contributed by atoms with E-state index in [-0.39, 0.29) is 5.91 Å². The fourth-order valence-electron chi connectivity index (χ4n) is 2.00.